The maximum absolute atomic E-state index is 13.1. The lowest BCUT2D eigenvalue weighted by Crippen LogP contribution is -2.23. The van der Waals surface area contributed by atoms with Gasteiger partial charge in [-0.15, -0.1) is 10.2 Å². The molecule has 8 heteroatoms. The predicted octanol–water partition coefficient (Wildman–Crippen LogP) is 6.33. The summed E-state index contributed by atoms with van der Waals surface area (Å²) in [6, 6.07) is 21.0. The number of methoxy groups -OCH3 is 1. The number of hydrogen-bond acceptors (Lipinski definition) is 5. The van der Waals surface area contributed by atoms with Crippen molar-refractivity contribution in [2.75, 3.05) is 12.4 Å². The third-order valence-electron chi connectivity index (χ3n) is 5.43. The number of amides is 1. The Morgan fingerprint density at radius 2 is 1.71 bits per heavy atom. The number of aryl methyl sites for hydroxylation is 2. The summed E-state index contributed by atoms with van der Waals surface area (Å²) in [6.07, 6.45) is 0. The van der Waals surface area contributed by atoms with Crippen LogP contribution in [0.4, 0.5) is 5.69 Å². The first-order chi connectivity index (χ1) is 16.4. The van der Waals surface area contributed by atoms with Gasteiger partial charge in [0.2, 0.25) is 5.91 Å². The highest BCUT2D eigenvalue weighted by atomic mass is 35.5. The van der Waals surface area contributed by atoms with Gasteiger partial charge in [0.05, 0.1) is 12.4 Å². The third-order valence-corrected chi connectivity index (χ3v) is 6.72. The zero-order valence-electron chi connectivity index (χ0n) is 19.4. The van der Waals surface area contributed by atoms with Crippen molar-refractivity contribution in [1.29, 1.82) is 0 Å². The van der Waals surface area contributed by atoms with E-state index in [0.29, 0.717) is 16.0 Å². The SMILES string of the molecule is COc1cccc(-c2nnc(SC(C)C(=O)Nc3c(C)cccc3C)n2-c2ccc(Cl)cc2)c1. The fourth-order valence-corrected chi connectivity index (χ4v) is 4.56. The van der Waals surface area contributed by atoms with Crippen LogP contribution in [0, 0.1) is 13.8 Å². The van der Waals surface area contributed by atoms with Crippen LogP contribution in [0.5, 0.6) is 5.75 Å². The molecule has 6 nitrogen and oxygen atoms in total. The van der Waals surface area contributed by atoms with Gasteiger partial charge in [-0.2, -0.15) is 0 Å². The van der Waals surface area contributed by atoms with Gasteiger partial charge in [-0.05, 0) is 68.3 Å². The fraction of sp³-hybridized carbons (Fsp3) is 0.192. The molecule has 1 amide bonds. The summed E-state index contributed by atoms with van der Waals surface area (Å²) in [6.45, 7) is 5.83. The molecule has 0 aliphatic heterocycles. The van der Waals surface area contributed by atoms with Crippen LogP contribution in [-0.4, -0.2) is 33.0 Å². The Morgan fingerprint density at radius 3 is 2.38 bits per heavy atom. The Hall–Kier alpha value is -3.29. The van der Waals surface area contributed by atoms with E-state index in [2.05, 4.69) is 15.5 Å². The average molecular weight is 493 g/mol. The van der Waals surface area contributed by atoms with Gasteiger partial charge in [-0.1, -0.05) is 53.7 Å². The molecule has 174 valence electrons. The number of aromatic nitrogens is 3. The minimum atomic E-state index is -0.410. The molecule has 0 fully saturated rings. The highest BCUT2D eigenvalue weighted by Crippen LogP contribution is 2.32. The Labute approximate surface area is 208 Å². The molecule has 1 aromatic heterocycles. The van der Waals surface area contributed by atoms with Crippen LogP contribution in [-0.2, 0) is 4.79 Å². The summed E-state index contributed by atoms with van der Waals surface area (Å²) in [7, 11) is 1.63. The smallest absolute Gasteiger partial charge is 0.237 e. The fourth-order valence-electron chi connectivity index (χ4n) is 3.57. The second-order valence-electron chi connectivity index (χ2n) is 7.87. The van der Waals surface area contributed by atoms with Gasteiger partial charge >= 0.3 is 0 Å². The zero-order valence-corrected chi connectivity index (χ0v) is 20.9. The third kappa shape index (κ3) is 5.11. The molecule has 0 radical (unpaired) electrons. The van der Waals surface area contributed by atoms with E-state index in [1.54, 1.807) is 7.11 Å². The number of halogens is 1. The molecule has 1 N–H and O–H groups in total. The number of ether oxygens (including phenoxy) is 1. The van der Waals surface area contributed by atoms with E-state index >= 15 is 0 Å². The standard InChI is InChI=1S/C26H25ClN4O2S/c1-16-7-5-8-17(2)23(16)28-25(32)18(3)34-26-30-29-24(19-9-6-10-22(15-19)33-4)31(26)21-13-11-20(27)12-14-21/h5-15,18H,1-4H3,(H,28,32). The Morgan fingerprint density at radius 1 is 1.03 bits per heavy atom. The minimum Gasteiger partial charge on any atom is -0.497 e. The van der Waals surface area contributed by atoms with Gasteiger partial charge in [0, 0.05) is 22.0 Å². The van der Waals surface area contributed by atoms with Crippen molar-refractivity contribution in [3.05, 3.63) is 82.9 Å². The van der Waals surface area contributed by atoms with Crippen molar-refractivity contribution in [2.24, 2.45) is 0 Å². The van der Waals surface area contributed by atoms with Crippen LogP contribution in [0.3, 0.4) is 0 Å². The molecule has 0 saturated carbocycles. The van der Waals surface area contributed by atoms with E-state index in [9.17, 15) is 4.79 Å². The number of rotatable bonds is 7. The molecule has 34 heavy (non-hydrogen) atoms. The van der Waals surface area contributed by atoms with Crippen LogP contribution >= 0.6 is 23.4 Å². The summed E-state index contributed by atoms with van der Waals surface area (Å²) < 4.78 is 7.31. The van der Waals surface area contributed by atoms with Crippen molar-refractivity contribution in [2.45, 2.75) is 31.2 Å². The van der Waals surface area contributed by atoms with Gasteiger partial charge in [-0.3, -0.25) is 9.36 Å². The number of carbonyl (C=O) groups excluding carboxylic acids is 1. The Bertz CT molecular complexity index is 1300. The van der Waals surface area contributed by atoms with E-state index < -0.39 is 5.25 Å². The van der Waals surface area contributed by atoms with Crippen molar-refractivity contribution < 1.29 is 9.53 Å². The lowest BCUT2D eigenvalue weighted by Gasteiger charge is -2.16. The molecule has 3 aromatic carbocycles. The first kappa shape index (κ1) is 23.9. The molecular weight excluding hydrogens is 468 g/mol. The number of nitrogens with one attached hydrogen (secondary N) is 1. The average Bonchev–Trinajstić information content (AvgIpc) is 3.25. The highest BCUT2D eigenvalue weighted by molar-refractivity contribution is 8.00. The monoisotopic (exact) mass is 492 g/mol. The van der Waals surface area contributed by atoms with Crippen LogP contribution in [0.1, 0.15) is 18.1 Å². The van der Waals surface area contributed by atoms with Crippen molar-refractivity contribution >= 4 is 35.0 Å². The maximum atomic E-state index is 13.1. The van der Waals surface area contributed by atoms with E-state index in [1.807, 2.05) is 92.1 Å². The van der Waals surface area contributed by atoms with E-state index in [-0.39, 0.29) is 5.91 Å². The number of carbonyl (C=O) groups is 1. The molecule has 1 heterocycles. The summed E-state index contributed by atoms with van der Waals surface area (Å²) in [5.41, 5.74) is 4.58. The van der Waals surface area contributed by atoms with Crippen LogP contribution in [0.15, 0.2) is 71.9 Å². The molecular formula is C26H25ClN4O2S. The Kier molecular flexibility index (Phi) is 7.24. The Balaban J connectivity index is 1.68. The summed E-state index contributed by atoms with van der Waals surface area (Å²) in [5.74, 6) is 1.26. The first-order valence-corrected chi connectivity index (χ1v) is 12.0. The quantitative estimate of drug-likeness (QED) is 0.305. The largest absolute Gasteiger partial charge is 0.497 e. The second kappa shape index (κ2) is 10.3. The molecule has 4 aromatic rings. The number of para-hydroxylation sites is 1. The van der Waals surface area contributed by atoms with Crippen LogP contribution in [0.2, 0.25) is 5.02 Å². The van der Waals surface area contributed by atoms with Crippen molar-refractivity contribution in [3.63, 3.8) is 0 Å². The molecule has 0 bridgehead atoms. The number of thioether (sulfide) groups is 1. The second-order valence-corrected chi connectivity index (χ2v) is 9.61. The van der Waals surface area contributed by atoms with Gasteiger partial charge in [0.15, 0.2) is 11.0 Å². The van der Waals surface area contributed by atoms with Crippen molar-refractivity contribution in [3.8, 4) is 22.8 Å². The van der Waals surface area contributed by atoms with Crippen LogP contribution in [0.25, 0.3) is 17.1 Å². The van der Waals surface area contributed by atoms with E-state index in [4.69, 9.17) is 16.3 Å². The maximum Gasteiger partial charge on any atom is 0.237 e. The first-order valence-electron chi connectivity index (χ1n) is 10.8. The van der Waals surface area contributed by atoms with Crippen molar-refractivity contribution in [1.82, 2.24) is 14.8 Å². The van der Waals surface area contributed by atoms with Gasteiger partial charge in [0.25, 0.3) is 0 Å². The number of nitrogens with zero attached hydrogens (tertiary/aromatic N) is 3. The molecule has 0 aliphatic rings. The molecule has 0 aliphatic carbocycles. The molecule has 0 spiro atoms. The lowest BCUT2D eigenvalue weighted by atomic mass is 10.1. The minimum absolute atomic E-state index is 0.101. The normalized spacial score (nSPS) is 11.8. The van der Waals surface area contributed by atoms with Crippen LogP contribution < -0.4 is 10.1 Å². The molecule has 0 saturated heterocycles. The predicted molar refractivity (Wildman–Crippen MR) is 138 cm³/mol. The molecule has 4 rings (SSSR count). The van der Waals surface area contributed by atoms with Gasteiger partial charge in [0.1, 0.15) is 5.75 Å². The highest BCUT2D eigenvalue weighted by Gasteiger charge is 2.23. The van der Waals surface area contributed by atoms with E-state index in [1.165, 1.54) is 11.8 Å². The molecule has 1 unspecified atom stereocenters. The topological polar surface area (TPSA) is 69.0 Å². The zero-order chi connectivity index (χ0) is 24.2. The summed E-state index contributed by atoms with van der Waals surface area (Å²) >= 11 is 7.47. The molecule has 1 atom stereocenters. The van der Waals surface area contributed by atoms with Gasteiger partial charge < -0.3 is 10.1 Å². The van der Waals surface area contributed by atoms with Gasteiger partial charge in [-0.25, -0.2) is 0 Å². The number of hydrogen-bond donors (Lipinski definition) is 1. The number of anilines is 1. The summed E-state index contributed by atoms with van der Waals surface area (Å²) in [4.78, 5) is 13.1. The summed E-state index contributed by atoms with van der Waals surface area (Å²) in [5, 5.41) is 12.8. The van der Waals surface area contributed by atoms with E-state index in [0.717, 1.165) is 33.8 Å². The lowest BCUT2D eigenvalue weighted by molar-refractivity contribution is -0.115. The number of benzene rings is 3.